The number of aromatic amines is 1. The molecule has 1 aromatic carbocycles. The SMILES string of the molecule is CCc1c(Nc2cc(-n3nc(C)cc3C)ncn2)n[nH]c1-c1ccc(F)cc1C. The molecule has 4 rings (SSSR count). The summed E-state index contributed by atoms with van der Waals surface area (Å²) in [6.45, 7) is 7.87. The molecular weight excluding hydrogens is 369 g/mol. The molecule has 0 amide bonds. The Bertz CT molecular complexity index is 1180. The second kappa shape index (κ2) is 7.46. The molecule has 0 unspecified atom stereocenters. The predicted octanol–water partition coefficient (Wildman–Crippen LogP) is 4.42. The summed E-state index contributed by atoms with van der Waals surface area (Å²) in [7, 11) is 0. The number of nitrogens with one attached hydrogen (secondary N) is 2. The largest absolute Gasteiger partial charge is 0.323 e. The van der Waals surface area contributed by atoms with Gasteiger partial charge in [-0.05, 0) is 57.0 Å². The minimum atomic E-state index is -0.250. The highest BCUT2D eigenvalue weighted by Gasteiger charge is 2.16. The summed E-state index contributed by atoms with van der Waals surface area (Å²) in [5.74, 6) is 1.73. The number of halogens is 1. The van der Waals surface area contributed by atoms with E-state index < -0.39 is 0 Å². The smallest absolute Gasteiger partial charge is 0.159 e. The van der Waals surface area contributed by atoms with Crippen molar-refractivity contribution in [2.75, 3.05) is 5.32 Å². The van der Waals surface area contributed by atoms with Crippen LogP contribution < -0.4 is 5.32 Å². The van der Waals surface area contributed by atoms with Crippen LogP contribution in [0.15, 0.2) is 36.7 Å². The van der Waals surface area contributed by atoms with Crippen molar-refractivity contribution in [1.82, 2.24) is 29.9 Å². The van der Waals surface area contributed by atoms with Gasteiger partial charge in [-0.15, -0.1) is 0 Å². The fraction of sp³-hybridized carbons (Fsp3) is 0.238. The summed E-state index contributed by atoms with van der Waals surface area (Å²) >= 11 is 0. The number of H-pyrrole nitrogens is 1. The molecule has 0 fully saturated rings. The first kappa shape index (κ1) is 18.8. The summed E-state index contributed by atoms with van der Waals surface area (Å²) in [4.78, 5) is 8.64. The third-order valence-corrected chi connectivity index (χ3v) is 4.80. The van der Waals surface area contributed by atoms with Gasteiger partial charge in [0.25, 0.3) is 0 Å². The first-order chi connectivity index (χ1) is 14.0. The van der Waals surface area contributed by atoms with E-state index in [-0.39, 0.29) is 5.82 Å². The van der Waals surface area contributed by atoms with Gasteiger partial charge in [-0.3, -0.25) is 5.10 Å². The van der Waals surface area contributed by atoms with E-state index in [4.69, 9.17) is 0 Å². The van der Waals surface area contributed by atoms with Crippen molar-refractivity contribution >= 4 is 11.6 Å². The number of rotatable bonds is 5. The molecule has 0 radical (unpaired) electrons. The minimum Gasteiger partial charge on any atom is -0.323 e. The molecule has 0 aliphatic rings. The lowest BCUT2D eigenvalue weighted by molar-refractivity contribution is 0.627. The van der Waals surface area contributed by atoms with Crippen molar-refractivity contribution in [3.63, 3.8) is 0 Å². The fourth-order valence-electron chi connectivity index (χ4n) is 3.46. The monoisotopic (exact) mass is 391 g/mol. The molecule has 3 heterocycles. The average molecular weight is 391 g/mol. The van der Waals surface area contributed by atoms with E-state index in [1.54, 1.807) is 10.7 Å². The third kappa shape index (κ3) is 3.61. The van der Waals surface area contributed by atoms with Crippen LogP contribution >= 0.6 is 0 Å². The first-order valence-electron chi connectivity index (χ1n) is 9.42. The van der Waals surface area contributed by atoms with Crippen LogP contribution in [0.2, 0.25) is 0 Å². The van der Waals surface area contributed by atoms with Crippen LogP contribution in [0, 0.1) is 26.6 Å². The van der Waals surface area contributed by atoms with Crippen LogP contribution in [-0.4, -0.2) is 29.9 Å². The highest BCUT2D eigenvalue weighted by molar-refractivity contribution is 5.73. The second-order valence-corrected chi connectivity index (χ2v) is 6.96. The zero-order chi connectivity index (χ0) is 20.5. The maximum absolute atomic E-state index is 13.5. The molecule has 0 bridgehead atoms. The van der Waals surface area contributed by atoms with Gasteiger partial charge in [0.1, 0.15) is 18.0 Å². The van der Waals surface area contributed by atoms with E-state index in [1.165, 1.54) is 18.5 Å². The quantitative estimate of drug-likeness (QED) is 0.526. The van der Waals surface area contributed by atoms with E-state index in [2.05, 4.69) is 37.5 Å². The second-order valence-electron chi connectivity index (χ2n) is 6.96. The Morgan fingerprint density at radius 2 is 1.93 bits per heavy atom. The van der Waals surface area contributed by atoms with Crippen molar-refractivity contribution < 1.29 is 4.39 Å². The lowest BCUT2D eigenvalue weighted by Crippen LogP contribution is -2.04. The van der Waals surface area contributed by atoms with Crippen molar-refractivity contribution in [2.24, 2.45) is 0 Å². The number of hydrogen-bond donors (Lipinski definition) is 2. The molecule has 0 aliphatic carbocycles. The molecule has 148 valence electrons. The van der Waals surface area contributed by atoms with Crippen LogP contribution in [0.1, 0.15) is 29.4 Å². The lowest BCUT2D eigenvalue weighted by atomic mass is 10.0. The van der Waals surface area contributed by atoms with Crippen LogP contribution in [0.4, 0.5) is 16.0 Å². The number of benzene rings is 1. The van der Waals surface area contributed by atoms with Crippen molar-refractivity contribution in [2.45, 2.75) is 34.1 Å². The highest BCUT2D eigenvalue weighted by Crippen LogP contribution is 2.31. The predicted molar refractivity (Wildman–Crippen MR) is 110 cm³/mol. The van der Waals surface area contributed by atoms with Crippen molar-refractivity contribution in [3.8, 4) is 17.1 Å². The van der Waals surface area contributed by atoms with Crippen LogP contribution in [0.5, 0.6) is 0 Å². The molecule has 29 heavy (non-hydrogen) atoms. The van der Waals surface area contributed by atoms with E-state index in [1.807, 2.05) is 32.9 Å². The topological polar surface area (TPSA) is 84.3 Å². The normalized spacial score (nSPS) is 11.1. The van der Waals surface area contributed by atoms with E-state index >= 15 is 0 Å². The Hall–Kier alpha value is -3.55. The van der Waals surface area contributed by atoms with Gasteiger partial charge in [0.05, 0.1) is 11.4 Å². The van der Waals surface area contributed by atoms with Gasteiger partial charge < -0.3 is 5.32 Å². The molecule has 0 spiro atoms. The molecule has 0 saturated carbocycles. The van der Waals surface area contributed by atoms with Crippen molar-refractivity contribution in [1.29, 1.82) is 0 Å². The number of aromatic nitrogens is 6. The number of aryl methyl sites for hydroxylation is 3. The molecule has 7 nitrogen and oxygen atoms in total. The van der Waals surface area contributed by atoms with Gasteiger partial charge in [-0.2, -0.15) is 10.2 Å². The number of anilines is 2. The van der Waals surface area contributed by atoms with Gasteiger partial charge in [0, 0.05) is 22.9 Å². The maximum Gasteiger partial charge on any atom is 0.159 e. The number of hydrogen-bond acceptors (Lipinski definition) is 5. The number of nitrogens with zero attached hydrogens (tertiary/aromatic N) is 5. The van der Waals surface area contributed by atoms with Gasteiger partial charge in [0.2, 0.25) is 0 Å². The summed E-state index contributed by atoms with van der Waals surface area (Å²) in [5, 5.41) is 15.3. The highest BCUT2D eigenvalue weighted by atomic mass is 19.1. The Morgan fingerprint density at radius 3 is 2.62 bits per heavy atom. The third-order valence-electron chi connectivity index (χ3n) is 4.80. The lowest BCUT2D eigenvalue weighted by Gasteiger charge is -2.09. The Morgan fingerprint density at radius 1 is 1.10 bits per heavy atom. The zero-order valence-electron chi connectivity index (χ0n) is 16.8. The standard InChI is InChI=1S/C21H22FN7/c1-5-16-20(17-7-6-15(22)8-12(17)2)26-27-21(16)25-18-10-19(24-11-23-18)29-14(4)9-13(3)28-29/h6-11H,5H2,1-4H3,(H2,23,24,25,26,27). The van der Waals surface area contributed by atoms with E-state index in [0.717, 1.165) is 40.2 Å². The Labute approximate surface area is 168 Å². The Kier molecular flexibility index (Phi) is 4.84. The molecule has 0 saturated heterocycles. The summed E-state index contributed by atoms with van der Waals surface area (Å²) in [5.41, 5.74) is 5.58. The van der Waals surface area contributed by atoms with Gasteiger partial charge in [-0.1, -0.05) is 6.92 Å². The fourth-order valence-corrected chi connectivity index (χ4v) is 3.46. The van der Waals surface area contributed by atoms with E-state index in [9.17, 15) is 4.39 Å². The van der Waals surface area contributed by atoms with Gasteiger partial charge in [0.15, 0.2) is 11.6 Å². The maximum atomic E-state index is 13.5. The molecule has 4 aromatic rings. The summed E-state index contributed by atoms with van der Waals surface area (Å²) in [6.07, 6.45) is 2.25. The zero-order valence-corrected chi connectivity index (χ0v) is 16.8. The van der Waals surface area contributed by atoms with Crippen molar-refractivity contribution in [3.05, 3.63) is 65.0 Å². The van der Waals surface area contributed by atoms with Crippen LogP contribution in [0.3, 0.4) is 0 Å². The van der Waals surface area contributed by atoms with Gasteiger partial charge >= 0.3 is 0 Å². The summed E-state index contributed by atoms with van der Waals surface area (Å²) < 4.78 is 15.3. The molecule has 8 heteroatoms. The first-order valence-corrected chi connectivity index (χ1v) is 9.42. The molecule has 0 atom stereocenters. The molecule has 3 aromatic heterocycles. The van der Waals surface area contributed by atoms with Crippen LogP contribution in [0.25, 0.3) is 17.1 Å². The summed E-state index contributed by atoms with van der Waals surface area (Å²) in [6, 6.07) is 8.58. The van der Waals surface area contributed by atoms with Crippen LogP contribution in [-0.2, 0) is 6.42 Å². The van der Waals surface area contributed by atoms with E-state index in [0.29, 0.717) is 17.5 Å². The minimum absolute atomic E-state index is 0.250. The van der Waals surface area contributed by atoms with Gasteiger partial charge in [-0.25, -0.2) is 19.0 Å². The Balaban J connectivity index is 1.68. The average Bonchev–Trinajstić information content (AvgIpc) is 3.24. The molecule has 0 aliphatic heterocycles. The molecular formula is C21H22FN7. The molecule has 2 N–H and O–H groups in total.